The molecule has 0 aromatic heterocycles. The van der Waals surface area contributed by atoms with E-state index in [9.17, 15) is 26.3 Å². The minimum absolute atomic E-state index is 0.346. The van der Waals surface area contributed by atoms with E-state index in [-0.39, 0.29) is 6.42 Å². The summed E-state index contributed by atoms with van der Waals surface area (Å²) in [5.74, 6) is -3.39. The maximum Gasteiger partial charge on any atom is 0.402 e. The summed E-state index contributed by atoms with van der Waals surface area (Å²) >= 11 is 0. The van der Waals surface area contributed by atoms with Crippen LogP contribution in [-0.2, 0) is 6.42 Å². The summed E-state index contributed by atoms with van der Waals surface area (Å²) in [5, 5.41) is 2.16. The molecule has 1 unspecified atom stereocenters. The van der Waals surface area contributed by atoms with Crippen molar-refractivity contribution >= 4 is 0 Å². The van der Waals surface area contributed by atoms with Crippen LogP contribution in [0.2, 0.25) is 0 Å². The van der Waals surface area contributed by atoms with Crippen LogP contribution >= 0.6 is 0 Å². The number of hydrogen-bond donors (Lipinski definition) is 1. The van der Waals surface area contributed by atoms with E-state index in [1.165, 1.54) is 0 Å². The maximum atomic E-state index is 12.7. The molecule has 0 heterocycles. The Morgan fingerprint density at radius 2 is 1.48 bits per heavy atom. The fourth-order valence-electron chi connectivity index (χ4n) is 2.21. The molecule has 0 aliphatic carbocycles. The second-order valence-electron chi connectivity index (χ2n) is 5.08. The molecule has 0 aliphatic heterocycles. The average molecular weight is 313 g/mol. The van der Waals surface area contributed by atoms with E-state index in [1.54, 1.807) is 25.1 Å². The molecule has 0 saturated carbocycles. The second-order valence-corrected chi connectivity index (χ2v) is 5.08. The quantitative estimate of drug-likeness (QED) is 0.823. The molecule has 0 saturated heterocycles. The van der Waals surface area contributed by atoms with Crippen LogP contribution in [0.4, 0.5) is 26.3 Å². The molecule has 1 aromatic carbocycles. The zero-order valence-electron chi connectivity index (χ0n) is 11.9. The molecule has 0 bridgehead atoms. The first kappa shape index (κ1) is 17.8. The van der Waals surface area contributed by atoms with Crippen molar-refractivity contribution in [2.75, 3.05) is 7.05 Å². The third-order valence-electron chi connectivity index (χ3n) is 3.51. The van der Waals surface area contributed by atoms with Gasteiger partial charge in [0.05, 0.1) is 0 Å². The Morgan fingerprint density at radius 3 is 1.86 bits per heavy atom. The van der Waals surface area contributed by atoms with Crippen LogP contribution in [0.1, 0.15) is 16.7 Å². The summed E-state index contributed by atoms with van der Waals surface area (Å²) in [5.41, 5.74) is 2.21. The molecule has 0 aliphatic rings. The van der Waals surface area contributed by atoms with E-state index in [0.29, 0.717) is 5.56 Å². The maximum absolute atomic E-state index is 12.7. The number of rotatable bonds is 4. The lowest BCUT2D eigenvalue weighted by atomic mass is 9.91. The van der Waals surface area contributed by atoms with E-state index >= 15 is 0 Å². The van der Waals surface area contributed by atoms with Gasteiger partial charge in [-0.05, 0) is 44.0 Å². The molecule has 1 rings (SSSR count). The minimum Gasteiger partial charge on any atom is -0.316 e. The molecule has 0 fully saturated rings. The molecule has 0 spiro atoms. The molecule has 1 nitrogen and oxygen atoms in total. The van der Waals surface area contributed by atoms with Gasteiger partial charge in [-0.2, -0.15) is 26.3 Å². The van der Waals surface area contributed by atoms with Crippen LogP contribution in [0.25, 0.3) is 0 Å². The van der Waals surface area contributed by atoms with Crippen LogP contribution in [-0.4, -0.2) is 25.4 Å². The standard InChI is InChI=1S/C14H17F6N/c1-8-4-5-10(6-9(8)2)7-11(21-3)12(13(15,16)17)14(18,19)20/h4-6,11-12,21H,7H2,1-3H3. The zero-order chi connectivity index (χ0) is 16.4. The highest BCUT2D eigenvalue weighted by Crippen LogP contribution is 2.42. The van der Waals surface area contributed by atoms with E-state index in [1.807, 2.05) is 6.92 Å². The zero-order valence-corrected chi connectivity index (χ0v) is 11.9. The Hall–Kier alpha value is -1.24. The van der Waals surface area contributed by atoms with Crippen molar-refractivity contribution in [3.05, 3.63) is 34.9 Å². The van der Waals surface area contributed by atoms with Gasteiger partial charge >= 0.3 is 12.4 Å². The van der Waals surface area contributed by atoms with Crippen molar-refractivity contribution in [3.8, 4) is 0 Å². The lowest BCUT2D eigenvalue weighted by Gasteiger charge is -2.30. The molecule has 7 heteroatoms. The van der Waals surface area contributed by atoms with Gasteiger partial charge in [-0.1, -0.05) is 18.2 Å². The van der Waals surface area contributed by atoms with Crippen LogP contribution in [0, 0.1) is 19.8 Å². The predicted octanol–water partition coefficient (Wildman–Crippen LogP) is 4.17. The van der Waals surface area contributed by atoms with Crippen LogP contribution < -0.4 is 5.32 Å². The van der Waals surface area contributed by atoms with Crippen molar-refractivity contribution in [3.63, 3.8) is 0 Å². The fraction of sp³-hybridized carbons (Fsp3) is 0.571. The first-order chi connectivity index (χ1) is 9.46. The summed E-state index contributed by atoms with van der Waals surface area (Å²) in [7, 11) is 1.11. The van der Waals surface area contributed by atoms with E-state index in [4.69, 9.17) is 0 Å². The number of alkyl halides is 6. The van der Waals surface area contributed by atoms with E-state index < -0.39 is 24.3 Å². The van der Waals surface area contributed by atoms with Crippen LogP contribution in [0.3, 0.4) is 0 Å². The first-order valence-electron chi connectivity index (χ1n) is 6.33. The lowest BCUT2D eigenvalue weighted by molar-refractivity contribution is -0.291. The Kier molecular flexibility index (Phi) is 5.30. The average Bonchev–Trinajstić information content (AvgIpc) is 2.29. The topological polar surface area (TPSA) is 12.0 Å². The molecule has 0 amide bonds. The number of likely N-dealkylation sites (N-methyl/N-ethyl adjacent to an activating group) is 1. The third kappa shape index (κ3) is 4.62. The van der Waals surface area contributed by atoms with Crippen molar-refractivity contribution < 1.29 is 26.3 Å². The van der Waals surface area contributed by atoms with E-state index in [0.717, 1.165) is 18.2 Å². The largest absolute Gasteiger partial charge is 0.402 e. The third-order valence-corrected chi connectivity index (χ3v) is 3.51. The predicted molar refractivity (Wildman–Crippen MR) is 68.1 cm³/mol. The number of hydrogen-bond acceptors (Lipinski definition) is 1. The molecule has 120 valence electrons. The van der Waals surface area contributed by atoms with Crippen molar-refractivity contribution in [1.82, 2.24) is 5.32 Å². The summed E-state index contributed by atoms with van der Waals surface area (Å²) in [6.07, 6.45) is -11.0. The highest BCUT2D eigenvalue weighted by atomic mass is 19.4. The lowest BCUT2D eigenvalue weighted by Crippen LogP contribution is -2.51. The molecular formula is C14H17F6N. The Bertz CT molecular complexity index is 463. The monoisotopic (exact) mass is 313 g/mol. The number of aryl methyl sites for hydroxylation is 2. The SMILES string of the molecule is CNC(Cc1ccc(C)c(C)c1)C(C(F)(F)F)C(F)(F)F. The van der Waals surface area contributed by atoms with E-state index in [2.05, 4.69) is 5.32 Å². The molecule has 1 aromatic rings. The molecular weight excluding hydrogens is 296 g/mol. The van der Waals surface area contributed by atoms with Gasteiger partial charge in [-0.3, -0.25) is 0 Å². The molecule has 1 atom stereocenters. The summed E-state index contributed by atoms with van der Waals surface area (Å²) in [6.45, 7) is 3.58. The second kappa shape index (κ2) is 6.25. The molecule has 1 N–H and O–H groups in total. The van der Waals surface area contributed by atoms with Crippen molar-refractivity contribution in [2.45, 2.75) is 38.7 Å². The molecule has 21 heavy (non-hydrogen) atoms. The minimum atomic E-state index is -5.34. The summed E-state index contributed by atoms with van der Waals surface area (Å²) in [4.78, 5) is 0. The van der Waals surface area contributed by atoms with Gasteiger partial charge in [0, 0.05) is 6.04 Å². The van der Waals surface area contributed by atoms with Gasteiger partial charge < -0.3 is 5.32 Å². The summed E-state index contributed by atoms with van der Waals surface area (Å²) < 4.78 is 76.4. The van der Waals surface area contributed by atoms with Crippen LogP contribution in [0.5, 0.6) is 0 Å². The van der Waals surface area contributed by atoms with Gasteiger partial charge in [0.1, 0.15) is 0 Å². The Balaban J connectivity index is 3.07. The Morgan fingerprint density at radius 1 is 0.952 bits per heavy atom. The highest BCUT2D eigenvalue weighted by Gasteiger charge is 2.59. The van der Waals surface area contributed by atoms with Crippen molar-refractivity contribution in [1.29, 1.82) is 0 Å². The first-order valence-corrected chi connectivity index (χ1v) is 6.33. The molecule has 0 radical (unpaired) electrons. The van der Waals surface area contributed by atoms with Gasteiger partial charge in [0.25, 0.3) is 0 Å². The number of nitrogens with one attached hydrogen (secondary N) is 1. The highest BCUT2D eigenvalue weighted by molar-refractivity contribution is 5.30. The number of halogens is 6. The van der Waals surface area contributed by atoms with Gasteiger partial charge in [0.2, 0.25) is 0 Å². The van der Waals surface area contributed by atoms with Crippen LogP contribution in [0.15, 0.2) is 18.2 Å². The smallest absolute Gasteiger partial charge is 0.316 e. The van der Waals surface area contributed by atoms with Crippen molar-refractivity contribution in [2.24, 2.45) is 5.92 Å². The summed E-state index contributed by atoms with van der Waals surface area (Å²) in [6, 6.07) is 3.10. The van der Waals surface area contributed by atoms with Gasteiger partial charge in [-0.15, -0.1) is 0 Å². The normalized spacial score (nSPS) is 14.6. The fourth-order valence-corrected chi connectivity index (χ4v) is 2.21. The van der Waals surface area contributed by atoms with Gasteiger partial charge in [0.15, 0.2) is 5.92 Å². The Labute approximate surface area is 119 Å². The number of benzene rings is 1. The van der Waals surface area contributed by atoms with Gasteiger partial charge in [-0.25, -0.2) is 0 Å².